The van der Waals surface area contributed by atoms with E-state index in [1.165, 1.54) is 0 Å². The summed E-state index contributed by atoms with van der Waals surface area (Å²) in [4.78, 5) is 13.9. The minimum Gasteiger partial charge on any atom is -0.508 e. The van der Waals surface area contributed by atoms with E-state index in [1.807, 2.05) is 30.3 Å². The quantitative estimate of drug-likeness (QED) is 0.912. The smallest absolute Gasteiger partial charge is 0.238 e. The second-order valence-electron chi connectivity index (χ2n) is 4.35. The molecule has 1 fully saturated rings. The summed E-state index contributed by atoms with van der Waals surface area (Å²) in [6.45, 7) is 0. The molecule has 1 heterocycles. The van der Waals surface area contributed by atoms with Crippen molar-refractivity contribution in [1.82, 2.24) is 0 Å². The number of carbonyl (C=O) groups excluding carboxylic acids is 1. The van der Waals surface area contributed by atoms with Crippen molar-refractivity contribution in [3.05, 3.63) is 60.2 Å². The van der Waals surface area contributed by atoms with Crippen molar-refractivity contribution in [1.29, 1.82) is 0 Å². The molecule has 1 N–H and O–H groups in total. The van der Waals surface area contributed by atoms with Crippen LogP contribution in [0.3, 0.4) is 0 Å². The molecule has 0 radical (unpaired) electrons. The summed E-state index contributed by atoms with van der Waals surface area (Å²) in [5, 5.41) is 9.35. The van der Waals surface area contributed by atoms with Crippen molar-refractivity contribution in [3.8, 4) is 5.75 Å². The Kier molecular flexibility index (Phi) is 3.17. The molecule has 0 aromatic heterocycles. The molecule has 1 atom stereocenters. The maximum atomic E-state index is 12.1. The lowest BCUT2D eigenvalue weighted by Crippen LogP contribution is -2.27. The number of nitrogens with zero attached hydrogens (tertiary/aromatic N) is 1. The van der Waals surface area contributed by atoms with E-state index in [0.717, 1.165) is 11.3 Å². The van der Waals surface area contributed by atoms with Gasteiger partial charge in [-0.15, -0.1) is 11.8 Å². The Hall–Kier alpha value is -1.94. The van der Waals surface area contributed by atoms with Crippen LogP contribution in [-0.4, -0.2) is 16.8 Å². The maximum Gasteiger partial charge on any atom is 0.238 e. The van der Waals surface area contributed by atoms with Crippen LogP contribution in [0.1, 0.15) is 10.9 Å². The van der Waals surface area contributed by atoms with Crippen LogP contribution in [0.5, 0.6) is 5.75 Å². The lowest BCUT2D eigenvalue weighted by Gasteiger charge is -2.24. The molecule has 1 saturated heterocycles. The zero-order valence-corrected chi connectivity index (χ0v) is 11.0. The van der Waals surface area contributed by atoms with Crippen LogP contribution in [-0.2, 0) is 4.79 Å². The molecule has 3 rings (SSSR count). The van der Waals surface area contributed by atoms with Crippen LogP contribution in [0.25, 0.3) is 0 Å². The maximum absolute atomic E-state index is 12.1. The van der Waals surface area contributed by atoms with E-state index in [2.05, 4.69) is 0 Å². The van der Waals surface area contributed by atoms with E-state index in [0.29, 0.717) is 5.75 Å². The SMILES string of the molecule is O=C1CS[C@@H](c2ccccc2)N1c1ccc(O)cc1. The van der Waals surface area contributed by atoms with Crippen molar-refractivity contribution in [3.63, 3.8) is 0 Å². The third-order valence-corrected chi connectivity index (χ3v) is 4.29. The fourth-order valence-electron chi connectivity index (χ4n) is 2.18. The topological polar surface area (TPSA) is 40.5 Å². The Morgan fingerprint density at radius 2 is 1.74 bits per heavy atom. The number of benzene rings is 2. The first-order valence-corrected chi connectivity index (χ1v) is 7.08. The van der Waals surface area contributed by atoms with Gasteiger partial charge >= 0.3 is 0 Å². The molecule has 1 amide bonds. The van der Waals surface area contributed by atoms with Crippen LogP contribution in [0, 0.1) is 0 Å². The van der Waals surface area contributed by atoms with Gasteiger partial charge in [0.25, 0.3) is 0 Å². The molecule has 2 aromatic rings. The molecule has 0 spiro atoms. The number of rotatable bonds is 2. The van der Waals surface area contributed by atoms with E-state index < -0.39 is 0 Å². The molecule has 0 aliphatic carbocycles. The molecule has 1 aliphatic heterocycles. The number of amides is 1. The molecule has 2 aromatic carbocycles. The highest BCUT2D eigenvalue weighted by Crippen LogP contribution is 2.41. The second kappa shape index (κ2) is 4.97. The molecule has 0 unspecified atom stereocenters. The number of phenolic OH excluding ortho intramolecular Hbond substituents is 1. The van der Waals surface area contributed by atoms with Gasteiger partial charge in [0.2, 0.25) is 5.91 Å². The van der Waals surface area contributed by atoms with E-state index >= 15 is 0 Å². The number of hydrogen-bond acceptors (Lipinski definition) is 3. The van der Waals surface area contributed by atoms with Crippen molar-refractivity contribution in [2.24, 2.45) is 0 Å². The average molecular weight is 271 g/mol. The molecule has 1 aliphatic rings. The van der Waals surface area contributed by atoms with Gasteiger partial charge in [-0.2, -0.15) is 0 Å². The third kappa shape index (κ3) is 2.31. The molecule has 3 nitrogen and oxygen atoms in total. The summed E-state index contributed by atoms with van der Waals surface area (Å²) in [6.07, 6.45) is 0. The molecule has 4 heteroatoms. The first kappa shape index (κ1) is 12.1. The van der Waals surface area contributed by atoms with Crippen molar-refractivity contribution < 1.29 is 9.90 Å². The lowest BCUT2D eigenvalue weighted by molar-refractivity contribution is -0.115. The Balaban J connectivity index is 1.97. The molecular weight excluding hydrogens is 258 g/mol. The number of carbonyl (C=O) groups is 1. The molecular formula is C15H13NO2S. The van der Waals surface area contributed by atoms with Crippen LogP contribution < -0.4 is 4.90 Å². The van der Waals surface area contributed by atoms with Gasteiger partial charge in [0.15, 0.2) is 0 Å². The zero-order valence-electron chi connectivity index (χ0n) is 10.2. The summed E-state index contributed by atoms with van der Waals surface area (Å²) < 4.78 is 0. The lowest BCUT2D eigenvalue weighted by atomic mass is 10.2. The van der Waals surface area contributed by atoms with Crippen molar-refractivity contribution >= 4 is 23.4 Å². The minimum absolute atomic E-state index is 0.0123. The summed E-state index contributed by atoms with van der Waals surface area (Å²) in [5.74, 6) is 0.796. The number of phenols is 1. The number of hydrogen-bond donors (Lipinski definition) is 1. The third-order valence-electron chi connectivity index (χ3n) is 3.08. The average Bonchev–Trinajstić information content (AvgIpc) is 2.83. The fourth-order valence-corrected chi connectivity index (χ4v) is 3.36. The highest BCUT2D eigenvalue weighted by molar-refractivity contribution is 8.00. The monoisotopic (exact) mass is 271 g/mol. The Morgan fingerprint density at radius 1 is 1.05 bits per heavy atom. The summed E-state index contributed by atoms with van der Waals surface area (Å²) in [5.41, 5.74) is 1.94. The normalized spacial score (nSPS) is 18.8. The van der Waals surface area contributed by atoms with Gasteiger partial charge in [0.05, 0.1) is 5.75 Å². The van der Waals surface area contributed by atoms with Gasteiger partial charge in [-0.3, -0.25) is 9.69 Å². The van der Waals surface area contributed by atoms with Crippen LogP contribution >= 0.6 is 11.8 Å². The Labute approximate surface area is 115 Å². The number of aromatic hydroxyl groups is 1. The van der Waals surface area contributed by atoms with E-state index in [-0.39, 0.29) is 17.0 Å². The van der Waals surface area contributed by atoms with Crippen molar-refractivity contribution in [2.45, 2.75) is 5.37 Å². The van der Waals surface area contributed by atoms with Gasteiger partial charge in [-0.1, -0.05) is 30.3 Å². The number of anilines is 1. The second-order valence-corrected chi connectivity index (χ2v) is 5.42. The summed E-state index contributed by atoms with van der Waals surface area (Å²) in [7, 11) is 0. The van der Waals surface area contributed by atoms with Crippen molar-refractivity contribution in [2.75, 3.05) is 10.7 Å². The Morgan fingerprint density at radius 3 is 2.42 bits per heavy atom. The molecule has 0 bridgehead atoms. The molecule has 96 valence electrons. The standard InChI is InChI=1S/C15H13NO2S/c17-13-8-6-12(7-9-13)16-14(18)10-19-15(16)11-4-2-1-3-5-11/h1-9,15,17H,10H2/t15-/m0/s1. The predicted molar refractivity (Wildman–Crippen MR) is 77.2 cm³/mol. The van der Waals surface area contributed by atoms with Gasteiger partial charge in [0.1, 0.15) is 11.1 Å². The van der Waals surface area contributed by atoms with Gasteiger partial charge in [-0.05, 0) is 29.8 Å². The highest BCUT2D eigenvalue weighted by Gasteiger charge is 2.33. The predicted octanol–water partition coefficient (Wildman–Crippen LogP) is 3.17. The fraction of sp³-hybridized carbons (Fsp3) is 0.133. The molecule has 0 saturated carbocycles. The highest BCUT2D eigenvalue weighted by atomic mass is 32.2. The zero-order chi connectivity index (χ0) is 13.2. The van der Waals surface area contributed by atoms with E-state index in [4.69, 9.17) is 0 Å². The minimum atomic E-state index is 0.0123. The van der Waals surface area contributed by atoms with Crippen LogP contribution in [0.4, 0.5) is 5.69 Å². The van der Waals surface area contributed by atoms with E-state index in [1.54, 1.807) is 40.9 Å². The molecule has 19 heavy (non-hydrogen) atoms. The number of thioether (sulfide) groups is 1. The first-order chi connectivity index (χ1) is 9.25. The van der Waals surface area contributed by atoms with Gasteiger partial charge < -0.3 is 5.11 Å². The van der Waals surface area contributed by atoms with Crippen LogP contribution in [0.15, 0.2) is 54.6 Å². The first-order valence-electron chi connectivity index (χ1n) is 6.03. The largest absolute Gasteiger partial charge is 0.508 e. The van der Waals surface area contributed by atoms with Gasteiger partial charge in [0, 0.05) is 5.69 Å². The van der Waals surface area contributed by atoms with E-state index in [9.17, 15) is 9.90 Å². The van der Waals surface area contributed by atoms with Crippen LogP contribution in [0.2, 0.25) is 0 Å². The Bertz CT molecular complexity index is 583. The van der Waals surface area contributed by atoms with Gasteiger partial charge in [-0.25, -0.2) is 0 Å². The summed E-state index contributed by atoms with van der Waals surface area (Å²) in [6, 6.07) is 16.7. The summed E-state index contributed by atoms with van der Waals surface area (Å²) >= 11 is 1.62.